The molecule has 1 radical (unpaired) electrons. The number of para-hydroxylation sites is 1. The zero-order chi connectivity index (χ0) is 7.40. The minimum Gasteiger partial charge on any atom is -0.512 e. The number of hydrogen-bond acceptors (Lipinski definition) is 3. The first-order chi connectivity index (χ1) is 4.79. The van der Waals surface area contributed by atoms with Gasteiger partial charge in [-0.3, -0.25) is 0 Å². The predicted octanol–water partition coefficient (Wildman–Crippen LogP) is -0.346. The smallest absolute Gasteiger partial charge is 0.512 e. The first-order valence-electron chi connectivity index (χ1n) is 2.87. The molecule has 0 heterocycles. The van der Waals surface area contributed by atoms with E-state index in [1.807, 2.05) is 6.07 Å². The minimum atomic E-state index is -1.73. The van der Waals surface area contributed by atoms with Crippen LogP contribution < -0.4 is 4.65 Å². The summed E-state index contributed by atoms with van der Waals surface area (Å²) in [6.07, 6.45) is 0. The quantitative estimate of drug-likeness (QED) is 0.583. The van der Waals surface area contributed by atoms with Crippen LogP contribution in [-0.2, 0) is 0 Å². The molecular weight excluding hydrogens is 154 g/mol. The number of rotatable bonds is 2. The van der Waals surface area contributed by atoms with E-state index in [-0.39, 0.29) is 29.6 Å². The molecule has 0 aliphatic carbocycles. The summed E-state index contributed by atoms with van der Waals surface area (Å²) >= 11 is 0. The average molecular weight is 161 g/mol. The van der Waals surface area contributed by atoms with Gasteiger partial charge in [0.25, 0.3) is 0 Å². The first kappa shape index (κ1) is 11.0. The second-order valence-corrected chi connectivity index (χ2v) is 1.76. The molecule has 2 N–H and O–H groups in total. The van der Waals surface area contributed by atoms with E-state index in [1.54, 1.807) is 24.3 Å². The van der Waals surface area contributed by atoms with Crippen molar-refractivity contribution in [2.24, 2.45) is 0 Å². The Labute approximate surface area is 87.5 Å². The van der Waals surface area contributed by atoms with Crippen molar-refractivity contribution in [1.82, 2.24) is 0 Å². The molecular formula is C6H7BNaO3. The molecule has 1 aromatic carbocycles. The molecule has 53 valence electrons. The Bertz CT molecular complexity index is 192. The summed E-state index contributed by atoms with van der Waals surface area (Å²) in [5.41, 5.74) is 0. The maximum Gasteiger partial charge on any atom is 0.707 e. The molecule has 0 atom stereocenters. The molecule has 0 aliphatic rings. The summed E-state index contributed by atoms with van der Waals surface area (Å²) in [6, 6.07) is 8.59. The van der Waals surface area contributed by atoms with E-state index in [0.717, 1.165) is 0 Å². The van der Waals surface area contributed by atoms with Gasteiger partial charge in [0.2, 0.25) is 0 Å². The van der Waals surface area contributed by atoms with E-state index in [2.05, 4.69) is 4.65 Å². The molecule has 0 unspecified atom stereocenters. The summed E-state index contributed by atoms with van der Waals surface area (Å²) < 4.78 is 4.53. The molecule has 5 heteroatoms. The monoisotopic (exact) mass is 161 g/mol. The third-order valence-corrected chi connectivity index (χ3v) is 0.985. The van der Waals surface area contributed by atoms with Gasteiger partial charge in [0.15, 0.2) is 0 Å². The van der Waals surface area contributed by atoms with Crippen molar-refractivity contribution in [3.63, 3.8) is 0 Å². The molecule has 0 aliphatic heterocycles. The van der Waals surface area contributed by atoms with E-state index in [0.29, 0.717) is 5.75 Å². The standard InChI is InChI=1S/C6H7BO3.Na/c8-7(9)10-6-4-2-1-3-5-6;/h1-5,8-9H;. The SMILES string of the molecule is OB(O)Oc1ccccc1.[Na]. The van der Waals surface area contributed by atoms with Gasteiger partial charge in [-0.1, -0.05) is 18.2 Å². The van der Waals surface area contributed by atoms with Crippen molar-refractivity contribution in [2.75, 3.05) is 0 Å². The summed E-state index contributed by atoms with van der Waals surface area (Å²) in [5, 5.41) is 16.7. The van der Waals surface area contributed by atoms with Gasteiger partial charge in [-0.2, -0.15) is 0 Å². The van der Waals surface area contributed by atoms with Crippen LogP contribution in [0.5, 0.6) is 5.75 Å². The Kier molecular flexibility index (Phi) is 5.63. The van der Waals surface area contributed by atoms with Crippen molar-refractivity contribution in [3.05, 3.63) is 30.3 Å². The molecule has 0 spiro atoms. The van der Waals surface area contributed by atoms with Crippen molar-refractivity contribution >= 4 is 36.9 Å². The van der Waals surface area contributed by atoms with Gasteiger partial charge >= 0.3 is 7.32 Å². The zero-order valence-electron chi connectivity index (χ0n) is 6.27. The topological polar surface area (TPSA) is 49.7 Å². The van der Waals surface area contributed by atoms with Crippen molar-refractivity contribution in [2.45, 2.75) is 0 Å². The van der Waals surface area contributed by atoms with Gasteiger partial charge in [-0.05, 0) is 12.1 Å². The fourth-order valence-corrected chi connectivity index (χ4v) is 0.621. The first-order valence-corrected chi connectivity index (χ1v) is 2.87. The van der Waals surface area contributed by atoms with E-state index < -0.39 is 7.32 Å². The zero-order valence-corrected chi connectivity index (χ0v) is 8.27. The van der Waals surface area contributed by atoms with Crippen LogP contribution in [0.3, 0.4) is 0 Å². The van der Waals surface area contributed by atoms with Crippen LogP contribution in [0, 0.1) is 0 Å². The van der Waals surface area contributed by atoms with Gasteiger partial charge in [-0.15, -0.1) is 0 Å². The molecule has 3 nitrogen and oxygen atoms in total. The van der Waals surface area contributed by atoms with Crippen LogP contribution in [0.15, 0.2) is 30.3 Å². The Balaban J connectivity index is 0.000001000. The van der Waals surface area contributed by atoms with Gasteiger partial charge in [0, 0.05) is 29.6 Å². The Morgan fingerprint density at radius 1 is 1.09 bits per heavy atom. The Hall–Kier alpha value is 0.00494. The summed E-state index contributed by atoms with van der Waals surface area (Å²) in [4.78, 5) is 0. The Morgan fingerprint density at radius 3 is 2.09 bits per heavy atom. The van der Waals surface area contributed by atoms with Crippen LogP contribution in [-0.4, -0.2) is 46.9 Å². The summed E-state index contributed by atoms with van der Waals surface area (Å²) in [7, 11) is -1.73. The molecule has 1 aromatic rings. The van der Waals surface area contributed by atoms with Crippen molar-refractivity contribution in [1.29, 1.82) is 0 Å². The molecule has 11 heavy (non-hydrogen) atoms. The molecule has 0 aromatic heterocycles. The summed E-state index contributed by atoms with van der Waals surface area (Å²) in [6.45, 7) is 0. The maximum absolute atomic E-state index is 8.34. The largest absolute Gasteiger partial charge is 0.707 e. The van der Waals surface area contributed by atoms with E-state index in [1.165, 1.54) is 0 Å². The number of hydrogen-bond donors (Lipinski definition) is 2. The molecule has 1 rings (SSSR count). The van der Waals surface area contributed by atoms with Gasteiger partial charge in [0.05, 0.1) is 0 Å². The fourth-order valence-electron chi connectivity index (χ4n) is 0.621. The van der Waals surface area contributed by atoms with Crippen molar-refractivity contribution < 1.29 is 14.7 Å². The molecule has 0 saturated carbocycles. The fraction of sp³-hybridized carbons (Fsp3) is 0. The Morgan fingerprint density at radius 2 is 1.64 bits per heavy atom. The second-order valence-electron chi connectivity index (χ2n) is 1.76. The molecule has 0 amide bonds. The maximum atomic E-state index is 8.34. The second kappa shape index (κ2) is 5.63. The van der Waals surface area contributed by atoms with Crippen LogP contribution in [0.2, 0.25) is 0 Å². The average Bonchev–Trinajstić information content (AvgIpc) is 1.88. The van der Waals surface area contributed by atoms with Crippen LogP contribution in [0.4, 0.5) is 0 Å². The molecule has 0 bridgehead atoms. The third-order valence-electron chi connectivity index (χ3n) is 0.985. The minimum absolute atomic E-state index is 0. The van der Waals surface area contributed by atoms with Crippen LogP contribution >= 0.6 is 0 Å². The van der Waals surface area contributed by atoms with E-state index >= 15 is 0 Å². The molecule has 0 fully saturated rings. The van der Waals surface area contributed by atoms with Crippen molar-refractivity contribution in [3.8, 4) is 5.75 Å². The third kappa shape index (κ3) is 4.45. The van der Waals surface area contributed by atoms with Gasteiger partial charge in [0.1, 0.15) is 5.75 Å². The van der Waals surface area contributed by atoms with Gasteiger partial charge < -0.3 is 14.7 Å². The summed E-state index contributed by atoms with van der Waals surface area (Å²) in [5.74, 6) is 0.442. The van der Waals surface area contributed by atoms with Crippen LogP contribution in [0.1, 0.15) is 0 Å². The normalized spacial score (nSPS) is 8.18. The number of benzene rings is 1. The van der Waals surface area contributed by atoms with E-state index in [9.17, 15) is 0 Å². The van der Waals surface area contributed by atoms with Crippen LogP contribution in [0.25, 0.3) is 0 Å². The molecule has 0 saturated heterocycles. The predicted molar refractivity (Wildman–Crippen MR) is 43.0 cm³/mol. The van der Waals surface area contributed by atoms with Gasteiger partial charge in [-0.25, -0.2) is 0 Å². The van der Waals surface area contributed by atoms with E-state index in [4.69, 9.17) is 10.0 Å².